The third-order valence-electron chi connectivity index (χ3n) is 4.93. The van der Waals surface area contributed by atoms with Gasteiger partial charge >= 0.3 is 0 Å². The Morgan fingerprint density at radius 3 is 2.79 bits per heavy atom. The molecular formula is C23H25F2NO2. The Hall–Kier alpha value is -2.69. The molecule has 0 spiro atoms. The van der Waals surface area contributed by atoms with Crippen molar-refractivity contribution < 1.29 is 18.3 Å². The summed E-state index contributed by atoms with van der Waals surface area (Å²) in [6.45, 7) is 6.36. The van der Waals surface area contributed by atoms with Crippen LogP contribution in [0.3, 0.4) is 0 Å². The van der Waals surface area contributed by atoms with Crippen LogP contribution in [0, 0.1) is 12.7 Å². The van der Waals surface area contributed by atoms with Gasteiger partial charge in [0, 0.05) is 12.0 Å². The first kappa shape index (κ1) is 20.1. The van der Waals surface area contributed by atoms with Gasteiger partial charge in [-0.05, 0) is 55.2 Å². The zero-order valence-corrected chi connectivity index (χ0v) is 16.0. The molecule has 1 saturated heterocycles. The molecule has 1 aliphatic heterocycles. The fraction of sp³-hybridized carbons (Fsp3) is 0.348. The molecule has 0 radical (unpaired) electrons. The van der Waals surface area contributed by atoms with Gasteiger partial charge in [-0.25, -0.2) is 8.78 Å². The molecule has 0 aromatic heterocycles. The number of rotatable bonds is 7. The maximum Gasteiger partial charge on any atom is 0.249 e. The van der Waals surface area contributed by atoms with Crippen LogP contribution in [0.5, 0.6) is 5.75 Å². The van der Waals surface area contributed by atoms with Gasteiger partial charge in [-0.15, -0.1) is 0 Å². The predicted molar refractivity (Wildman–Crippen MR) is 105 cm³/mol. The number of hydrogen-bond donors (Lipinski definition) is 0. The Bertz CT molecular complexity index is 852. The quantitative estimate of drug-likeness (QED) is 0.487. The zero-order chi connectivity index (χ0) is 20.1. The van der Waals surface area contributed by atoms with Crippen LogP contribution in [0.2, 0.25) is 0 Å². The lowest BCUT2D eigenvalue weighted by Gasteiger charge is -2.25. The van der Waals surface area contributed by atoms with Crippen molar-refractivity contribution in [2.24, 2.45) is 0 Å². The topological polar surface area (TPSA) is 29.5 Å². The molecular weight excluding hydrogens is 360 g/mol. The summed E-state index contributed by atoms with van der Waals surface area (Å²) in [6, 6.07) is 13.3. The first-order chi connectivity index (χ1) is 13.4. The van der Waals surface area contributed by atoms with E-state index in [1.165, 1.54) is 17.0 Å². The van der Waals surface area contributed by atoms with Crippen LogP contribution < -0.4 is 4.74 Å². The number of halogens is 2. The molecule has 2 unspecified atom stereocenters. The molecule has 2 atom stereocenters. The van der Waals surface area contributed by atoms with Crippen LogP contribution in [0.4, 0.5) is 8.78 Å². The van der Waals surface area contributed by atoms with Crippen molar-refractivity contribution in [3.63, 3.8) is 0 Å². The molecule has 1 amide bonds. The van der Waals surface area contributed by atoms with Crippen LogP contribution in [-0.4, -0.2) is 30.1 Å². The van der Waals surface area contributed by atoms with Crippen LogP contribution in [0.15, 0.2) is 60.7 Å². The summed E-state index contributed by atoms with van der Waals surface area (Å²) < 4.78 is 33.3. The van der Waals surface area contributed by atoms with E-state index in [4.69, 9.17) is 4.74 Å². The van der Waals surface area contributed by atoms with Crippen molar-refractivity contribution in [3.05, 3.63) is 77.6 Å². The van der Waals surface area contributed by atoms with Gasteiger partial charge in [-0.3, -0.25) is 4.79 Å². The van der Waals surface area contributed by atoms with Gasteiger partial charge in [0.05, 0.1) is 19.2 Å². The fourth-order valence-corrected chi connectivity index (χ4v) is 3.53. The van der Waals surface area contributed by atoms with Gasteiger partial charge < -0.3 is 9.64 Å². The summed E-state index contributed by atoms with van der Waals surface area (Å²) in [6.07, 6.45) is 0.165. The lowest BCUT2D eigenvalue weighted by atomic mass is 10.0. The van der Waals surface area contributed by atoms with Gasteiger partial charge in [0.2, 0.25) is 5.91 Å². The van der Waals surface area contributed by atoms with Crippen molar-refractivity contribution in [1.82, 2.24) is 4.90 Å². The molecule has 2 aromatic rings. The second kappa shape index (κ2) is 9.00. The first-order valence-corrected chi connectivity index (χ1v) is 9.52. The van der Waals surface area contributed by atoms with Crippen LogP contribution in [0.1, 0.15) is 36.4 Å². The largest absolute Gasteiger partial charge is 0.494 e. The maximum atomic E-state index is 14.0. The van der Waals surface area contributed by atoms with E-state index in [0.29, 0.717) is 30.6 Å². The molecule has 0 aliphatic carbocycles. The molecule has 0 N–H and O–H groups in total. The van der Waals surface area contributed by atoms with Gasteiger partial charge in [0.25, 0.3) is 0 Å². The molecule has 3 rings (SSSR count). The van der Waals surface area contributed by atoms with Crippen molar-refractivity contribution in [2.45, 2.75) is 38.4 Å². The third-order valence-corrected chi connectivity index (χ3v) is 4.93. The van der Waals surface area contributed by atoms with E-state index in [9.17, 15) is 13.6 Å². The highest BCUT2D eigenvalue weighted by atomic mass is 19.1. The standard InChI is InChI=1S/C23H25F2NO2/c1-16-6-3-10-21(12-16)28-11-5-7-17(2)23(27)26-15-20(25)14-22(26)18-8-4-9-19(24)13-18/h3-4,6,8-10,12-13,20,22H,2,5,7,11,14-15H2,1H3. The minimum atomic E-state index is -1.12. The van der Waals surface area contributed by atoms with Crippen molar-refractivity contribution in [3.8, 4) is 5.75 Å². The summed E-state index contributed by atoms with van der Waals surface area (Å²) in [5.41, 5.74) is 2.16. The summed E-state index contributed by atoms with van der Waals surface area (Å²) >= 11 is 0. The molecule has 2 aromatic carbocycles. The Labute approximate surface area is 164 Å². The number of ether oxygens (including phenoxy) is 1. The number of hydrogen-bond acceptors (Lipinski definition) is 2. The average molecular weight is 385 g/mol. The number of amides is 1. The number of alkyl halides is 1. The molecule has 3 nitrogen and oxygen atoms in total. The van der Waals surface area contributed by atoms with E-state index < -0.39 is 12.2 Å². The minimum Gasteiger partial charge on any atom is -0.494 e. The number of carbonyl (C=O) groups is 1. The van der Waals surface area contributed by atoms with Crippen molar-refractivity contribution >= 4 is 5.91 Å². The van der Waals surface area contributed by atoms with E-state index in [2.05, 4.69) is 6.58 Å². The van der Waals surface area contributed by atoms with Crippen molar-refractivity contribution in [2.75, 3.05) is 13.2 Å². The number of nitrogens with zero attached hydrogens (tertiary/aromatic N) is 1. The molecule has 1 aliphatic rings. The Morgan fingerprint density at radius 2 is 2.04 bits per heavy atom. The lowest BCUT2D eigenvalue weighted by Crippen LogP contribution is -2.32. The molecule has 5 heteroatoms. The summed E-state index contributed by atoms with van der Waals surface area (Å²) in [7, 11) is 0. The molecule has 28 heavy (non-hydrogen) atoms. The van der Waals surface area contributed by atoms with Gasteiger partial charge in [-0.1, -0.05) is 30.8 Å². The number of carbonyl (C=O) groups excluding carboxylic acids is 1. The molecule has 1 fully saturated rings. The number of benzene rings is 2. The highest BCUT2D eigenvalue weighted by Crippen LogP contribution is 2.35. The van der Waals surface area contributed by atoms with Gasteiger partial charge in [-0.2, -0.15) is 0 Å². The highest BCUT2D eigenvalue weighted by Gasteiger charge is 2.36. The molecule has 1 heterocycles. The second-order valence-corrected chi connectivity index (χ2v) is 7.23. The zero-order valence-electron chi connectivity index (χ0n) is 16.0. The predicted octanol–water partition coefficient (Wildman–Crippen LogP) is 5.16. The van der Waals surface area contributed by atoms with Crippen LogP contribution >= 0.6 is 0 Å². The Balaban J connectivity index is 1.55. The monoisotopic (exact) mass is 385 g/mol. The normalized spacial score (nSPS) is 18.9. The second-order valence-electron chi connectivity index (χ2n) is 7.23. The van der Waals surface area contributed by atoms with Gasteiger partial charge in [0.15, 0.2) is 0 Å². The average Bonchev–Trinajstić information content (AvgIpc) is 3.06. The smallest absolute Gasteiger partial charge is 0.249 e. The Kier molecular flexibility index (Phi) is 6.45. The highest BCUT2D eigenvalue weighted by molar-refractivity contribution is 5.93. The van der Waals surface area contributed by atoms with Crippen molar-refractivity contribution in [1.29, 1.82) is 0 Å². The minimum absolute atomic E-state index is 0.0127. The first-order valence-electron chi connectivity index (χ1n) is 9.52. The maximum absolute atomic E-state index is 14.0. The molecule has 0 bridgehead atoms. The Morgan fingerprint density at radius 1 is 1.25 bits per heavy atom. The lowest BCUT2D eigenvalue weighted by molar-refractivity contribution is -0.128. The van der Waals surface area contributed by atoms with E-state index in [0.717, 1.165) is 11.3 Å². The van der Waals surface area contributed by atoms with E-state index >= 15 is 0 Å². The van der Waals surface area contributed by atoms with E-state index in [1.54, 1.807) is 12.1 Å². The number of aryl methyl sites for hydroxylation is 1. The third kappa shape index (κ3) is 4.97. The molecule has 0 saturated carbocycles. The van der Waals surface area contributed by atoms with E-state index in [1.807, 2.05) is 31.2 Å². The summed E-state index contributed by atoms with van der Waals surface area (Å²) in [5.74, 6) is 0.132. The SMILES string of the molecule is C=C(CCCOc1cccc(C)c1)C(=O)N1CC(F)CC1c1cccc(F)c1. The van der Waals surface area contributed by atoms with E-state index in [-0.39, 0.29) is 24.7 Å². The van der Waals surface area contributed by atoms with Gasteiger partial charge in [0.1, 0.15) is 17.7 Å². The molecule has 148 valence electrons. The fourth-order valence-electron chi connectivity index (χ4n) is 3.53. The van der Waals surface area contributed by atoms with Crippen LogP contribution in [0.25, 0.3) is 0 Å². The summed E-state index contributed by atoms with van der Waals surface area (Å²) in [4.78, 5) is 14.3. The van der Waals surface area contributed by atoms with Crippen LogP contribution in [-0.2, 0) is 4.79 Å². The number of likely N-dealkylation sites (tertiary alicyclic amines) is 1. The summed E-state index contributed by atoms with van der Waals surface area (Å²) in [5, 5.41) is 0.